The van der Waals surface area contributed by atoms with Crippen LogP contribution >= 0.6 is 22.9 Å². The third-order valence-corrected chi connectivity index (χ3v) is 5.11. The van der Waals surface area contributed by atoms with Gasteiger partial charge in [0.05, 0.1) is 5.38 Å². The summed E-state index contributed by atoms with van der Waals surface area (Å²) in [6.07, 6.45) is 0. The number of amides is 2. The summed E-state index contributed by atoms with van der Waals surface area (Å²) in [4.78, 5) is 15.7. The van der Waals surface area contributed by atoms with Crippen molar-refractivity contribution in [1.29, 1.82) is 0 Å². The van der Waals surface area contributed by atoms with Gasteiger partial charge in [-0.15, -0.1) is 22.9 Å². The first-order chi connectivity index (χ1) is 9.54. The van der Waals surface area contributed by atoms with Gasteiger partial charge in [0, 0.05) is 29.0 Å². The van der Waals surface area contributed by atoms with Crippen molar-refractivity contribution in [2.24, 2.45) is 0 Å². The highest BCUT2D eigenvalue weighted by Crippen LogP contribution is 2.35. The van der Waals surface area contributed by atoms with Crippen LogP contribution < -0.4 is 5.32 Å². The van der Waals surface area contributed by atoms with Gasteiger partial charge in [-0.05, 0) is 36.2 Å². The Morgan fingerprint density at radius 1 is 1.35 bits per heavy atom. The molecule has 0 saturated heterocycles. The van der Waals surface area contributed by atoms with E-state index in [-0.39, 0.29) is 11.4 Å². The number of rotatable bonds is 2. The number of anilines is 1. The molecular formula is C15H15ClN2OS. The summed E-state index contributed by atoms with van der Waals surface area (Å²) < 4.78 is 0. The molecule has 2 aromatic rings. The van der Waals surface area contributed by atoms with E-state index in [2.05, 4.69) is 30.4 Å². The highest BCUT2D eigenvalue weighted by atomic mass is 35.5. The summed E-state index contributed by atoms with van der Waals surface area (Å²) in [6.45, 7) is 2.69. The SMILES string of the molecule is Cc1ccc(C(Cl)c2ccc3c(c2)CN(C)C(=O)N3)s1. The molecule has 0 aliphatic carbocycles. The van der Waals surface area contributed by atoms with Crippen LogP contribution in [-0.4, -0.2) is 18.0 Å². The van der Waals surface area contributed by atoms with E-state index in [1.807, 2.05) is 12.1 Å². The summed E-state index contributed by atoms with van der Waals surface area (Å²) in [5.41, 5.74) is 3.04. The zero-order valence-electron chi connectivity index (χ0n) is 11.3. The van der Waals surface area contributed by atoms with Gasteiger partial charge in [-0.1, -0.05) is 12.1 Å². The Balaban J connectivity index is 1.92. The van der Waals surface area contributed by atoms with Crippen molar-refractivity contribution < 1.29 is 4.79 Å². The fourth-order valence-corrected chi connectivity index (χ4v) is 3.54. The number of aryl methyl sites for hydroxylation is 1. The number of nitrogens with one attached hydrogen (secondary N) is 1. The molecule has 0 bridgehead atoms. The molecule has 1 aromatic carbocycles. The molecule has 5 heteroatoms. The van der Waals surface area contributed by atoms with Crippen LogP contribution in [0, 0.1) is 6.92 Å². The van der Waals surface area contributed by atoms with Crippen LogP contribution in [0.2, 0.25) is 0 Å². The summed E-state index contributed by atoms with van der Waals surface area (Å²) in [6, 6.07) is 10.1. The van der Waals surface area contributed by atoms with Crippen molar-refractivity contribution in [3.8, 4) is 0 Å². The highest BCUT2D eigenvalue weighted by molar-refractivity contribution is 7.12. The minimum Gasteiger partial charge on any atom is -0.323 e. The second-order valence-corrected chi connectivity index (χ2v) is 6.77. The van der Waals surface area contributed by atoms with E-state index in [1.165, 1.54) is 4.88 Å². The van der Waals surface area contributed by atoms with Gasteiger partial charge >= 0.3 is 6.03 Å². The first-order valence-corrected chi connectivity index (χ1v) is 7.65. The second-order valence-electron chi connectivity index (χ2n) is 5.01. The Bertz CT molecular complexity index is 668. The van der Waals surface area contributed by atoms with Crippen molar-refractivity contribution in [2.45, 2.75) is 18.8 Å². The monoisotopic (exact) mass is 306 g/mol. The predicted molar refractivity (Wildman–Crippen MR) is 83.7 cm³/mol. The smallest absolute Gasteiger partial charge is 0.321 e. The van der Waals surface area contributed by atoms with E-state index in [4.69, 9.17) is 11.6 Å². The van der Waals surface area contributed by atoms with Crippen LogP contribution in [0.15, 0.2) is 30.3 Å². The Morgan fingerprint density at radius 3 is 2.85 bits per heavy atom. The lowest BCUT2D eigenvalue weighted by Crippen LogP contribution is -2.35. The van der Waals surface area contributed by atoms with Crippen LogP contribution in [0.4, 0.5) is 10.5 Å². The molecule has 1 atom stereocenters. The molecule has 1 aromatic heterocycles. The van der Waals surface area contributed by atoms with Crippen LogP contribution in [0.25, 0.3) is 0 Å². The fraction of sp³-hybridized carbons (Fsp3) is 0.267. The number of nitrogens with zero attached hydrogens (tertiary/aromatic N) is 1. The number of benzene rings is 1. The average molecular weight is 307 g/mol. The second kappa shape index (κ2) is 5.11. The lowest BCUT2D eigenvalue weighted by molar-refractivity contribution is 0.218. The standard InChI is InChI=1S/C15H15ClN2OS/c1-9-3-6-13(20-9)14(16)10-4-5-12-11(7-10)8-18(2)15(19)17-12/h3-7,14H,8H2,1-2H3,(H,17,19). The molecule has 1 N–H and O–H groups in total. The molecule has 20 heavy (non-hydrogen) atoms. The minimum absolute atomic E-state index is 0.0680. The maximum absolute atomic E-state index is 11.6. The number of carbonyl (C=O) groups is 1. The van der Waals surface area contributed by atoms with Crippen molar-refractivity contribution in [3.05, 3.63) is 51.2 Å². The molecule has 1 unspecified atom stereocenters. The Hall–Kier alpha value is -1.52. The van der Waals surface area contributed by atoms with Crippen molar-refractivity contribution in [1.82, 2.24) is 4.90 Å². The first-order valence-electron chi connectivity index (χ1n) is 6.40. The molecule has 1 aliphatic heterocycles. The molecule has 2 heterocycles. The van der Waals surface area contributed by atoms with Crippen LogP contribution in [-0.2, 0) is 6.54 Å². The number of carbonyl (C=O) groups excluding carboxylic acids is 1. The van der Waals surface area contributed by atoms with Gasteiger partial charge in [-0.2, -0.15) is 0 Å². The Morgan fingerprint density at radius 2 is 2.15 bits per heavy atom. The number of hydrogen-bond donors (Lipinski definition) is 1. The first kappa shape index (κ1) is 13.5. The van der Waals surface area contributed by atoms with E-state index < -0.39 is 0 Å². The number of fused-ring (bicyclic) bond motifs is 1. The lowest BCUT2D eigenvalue weighted by Gasteiger charge is -2.26. The zero-order valence-corrected chi connectivity index (χ0v) is 12.9. The van der Waals surface area contributed by atoms with Crippen LogP contribution in [0.3, 0.4) is 0 Å². The summed E-state index contributed by atoms with van der Waals surface area (Å²) >= 11 is 8.28. The van der Waals surface area contributed by atoms with Gasteiger partial charge in [0.1, 0.15) is 0 Å². The van der Waals surface area contributed by atoms with Gasteiger partial charge in [-0.3, -0.25) is 0 Å². The van der Waals surface area contributed by atoms with Crippen molar-refractivity contribution in [3.63, 3.8) is 0 Å². The maximum Gasteiger partial charge on any atom is 0.321 e. The van der Waals surface area contributed by atoms with Gasteiger partial charge in [0.15, 0.2) is 0 Å². The van der Waals surface area contributed by atoms with Crippen molar-refractivity contribution >= 4 is 34.7 Å². The number of thiophene rings is 1. The molecule has 0 fully saturated rings. The quantitative estimate of drug-likeness (QED) is 0.821. The predicted octanol–water partition coefficient (Wildman–Crippen LogP) is 4.36. The Labute approximate surface area is 127 Å². The molecule has 1 aliphatic rings. The maximum atomic E-state index is 11.6. The molecule has 3 rings (SSSR count). The molecule has 3 nitrogen and oxygen atoms in total. The van der Waals surface area contributed by atoms with Gasteiger partial charge in [0.2, 0.25) is 0 Å². The van der Waals surface area contributed by atoms with E-state index in [0.29, 0.717) is 6.54 Å². The van der Waals surface area contributed by atoms with Gasteiger partial charge in [-0.25, -0.2) is 4.79 Å². The zero-order chi connectivity index (χ0) is 14.3. The third kappa shape index (κ3) is 2.41. The van der Waals surface area contributed by atoms with Gasteiger partial charge in [0.25, 0.3) is 0 Å². The summed E-state index contributed by atoms with van der Waals surface area (Å²) in [5, 5.41) is 2.73. The lowest BCUT2D eigenvalue weighted by atomic mass is 10.0. The van der Waals surface area contributed by atoms with Crippen LogP contribution in [0.1, 0.15) is 26.3 Å². The van der Waals surface area contributed by atoms with E-state index in [0.717, 1.165) is 21.7 Å². The molecule has 0 spiro atoms. The third-order valence-electron chi connectivity index (χ3n) is 3.43. The molecule has 104 valence electrons. The fourth-order valence-electron chi connectivity index (χ4n) is 2.32. The number of hydrogen-bond acceptors (Lipinski definition) is 2. The minimum atomic E-state index is -0.137. The highest BCUT2D eigenvalue weighted by Gasteiger charge is 2.21. The number of alkyl halides is 1. The molecular weight excluding hydrogens is 292 g/mol. The van der Waals surface area contributed by atoms with E-state index in [1.54, 1.807) is 23.3 Å². The normalized spacial score (nSPS) is 15.8. The number of urea groups is 1. The Kier molecular flexibility index (Phi) is 3.44. The molecule has 2 amide bonds. The average Bonchev–Trinajstić information content (AvgIpc) is 2.85. The van der Waals surface area contributed by atoms with E-state index in [9.17, 15) is 4.79 Å². The van der Waals surface area contributed by atoms with Crippen molar-refractivity contribution in [2.75, 3.05) is 12.4 Å². The molecule has 0 radical (unpaired) electrons. The summed E-state index contributed by atoms with van der Waals surface area (Å²) in [7, 11) is 1.78. The van der Waals surface area contributed by atoms with E-state index >= 15 is 0 Å². The van der Waals surface area contributed by atoms with Crippen LogP contribution in [0.5, 0.6) is 0 Å². The largest absolute Gasteiger partial charge is 0.323 e. The number of halogens is 1. The van der Waals surface area contributed by atoms with Gasteiger partial charge < -0.3 is 10.2 Å². The topological polar surface area (TPSA) is 32.3 Å². The summed E-state index contributed by atoms with van der Waals surface area (Å²) in [5.74, 6) is 0. The molecule has 0 saturated carbocycles.